The van der Waals surface area contributed by atoms with Gasteiger partial charge in [0.1, 0.15) is 6.04 Å². The molecule has 0 fully saturated rings. The van der Waals surface area contributed by atoms with Crippen molar-refractivity contribution in [2.24, 2.45) is 0 Å². The van der Waals surface area contributed by atoms with E-state index in [0.717, 1.165) is 11.1 Å². The van der Waals surface area contributed by atoms with Crippen molar-refractivity contribution in [2.45, 2.75) is 25.4 Å². The van der Waals surface area contributed by atoms with E-state index in [1.54, 1.807) is 31.3 Å². The maximum Gasteiger partial charge on any atom is 0.247 e. The summed E-state index contributed by atoms with van der Waals surface area (Å²) in [6, 6.07) is 23.4. The zero-order valence-corrected chi connectivity index (χ0v) is 20.1. The molecule has 0 saturated heterocycles. The molecule has 0 aliphatic rings. The lowest BCUT2D eigenvalue weighted by atomic mass is 10.0. The van der Waals surface area contributed by atoms with E-state index in [-0.39, 0.29) is 31.4 Å². The number of nitrogens with zero attached hydrogens (tertiary/aromatic N) is 1. The van der Waals surface area contributed by atoms with Gasteiger partial charge >= 0.3 is 0 Å². The van der Waals surface area contributed by atoms with Crippen LogP contribution in [-0.4, -0.2) is 49.2 Å². The molecule has 3 aromatic carbocycles. The summed E-state index contributed by atoms with van der Waals surface area (Å²) in [5.41, 5.74) is 2.38. The van der Waals surface area contributed by atoms with E-state index in [4.69, 9.17) is 14.6 Å². The van der Waals surface area contributed by atoms with Gasteiger partial charge in [-0.15, -0.1) is 0 Å². The Bertz CT molecular complexity index is 1090. The Kier molecular flexibility index (Phi) is 9.69. The Morgan fingerprint density at radius 3 is 2.17 bits per heavy atom. The minimum Gasteiger partial charge on any atom is -0.493 e. The molecular formula is C28H32N2O5. The zero-order chi connectivity index (χ0) is 25.0. The predicted molar refractivity (Wildman–Crippen MR) is 134 cm³/mol. The first-order chi connectivity index (χ1) is 17.1. The third kappa shape index (κ3) is 7.07. The van der Waals surface area contributed by atoms with Crippen molar-refractivity contribution in [1.29, 1.82) is 0 Å². The van der Waals surface area contributed by atoms with Gasteiger partial charge in [0, 0.05) is 19.7 Å². The van der Waals surface area contributed by atoms with Crippen LogP contribution in [0.25, 0.3) is 0 Å². The normalized spacial score (nSPS) is 11.4. The maximum absolute atomic E-state index is 13.8. The van der Waals surface area contributed by atoms with E-state index in [1.165, 1.54) is 0 Å². The number of aliphatic hydroxyl groups excluding tert-OH is 1. The highest BCUT2D eigenvalue weighted by Gasteiger charge is 2.31. The number of rotatable bonds is 12. The molecule has 0 aliphatic carbocycles. The van der Waals surface area contributed by atoms with Gasteiger partial charge in [-0.05, 0) is 35.2 Å². The number of hydrogen-bond acceptors (Lipinski definition) is 5. The molecule has 0 saturated carbocycles. The number of amides is 2. The van der Waals surface area contributed by atoms with Gasteiger partial charge in [-0.3, -0.25) is 9.59 Å². The van der Waals surface area contributed by atoms with E-state index in [2.05, 4.69) is 5.32 Å². The Morgan fingerprint density at radius 2 is 1.54 bits per heavy atom. The topological polar surface area (TPSA) is 88.1 Å². The fraction of sp³-hybridized carbons (Fsp3) is 0.286. The summed E-state index contributed by atoms with van der Waals surface area (Å²) in [5.74, 6) is 0.623. The molecule has 0 aliphatic heterocycles. The molecule has 3 aromatic rings. The summed E-state index contributed by atoms with van der Waals surface area (Å²) in [5, 5.41) is 12.0. The summed E-state index contributed by atoms with van der Waals surface area (Å²) >= 11 is 0. The number of methoxy groups -OCH3 is 2. The molecular weight excluding hydrogens is 444 g/mol. The first kappa shape index (κ1) is 25.8. The van der Waals surface area contributed by atoms with E-state index in [0.29, 0.717) is 30.0 Å². The third-order valence-corrected chi connectivity index (χ3v) is 5.63. The molecule has 35 heavy (non-hydrogen) atoms. The molecule has 7 nitrogen and oxygen atoms in total. The van der Waals surface area contributed by atoms with Crippen molar-refractivity contribution in [3.05, 3.63) is 95.6 Å². The Hall–Kier alpha value is -3.84. The minimum atomic E-state index is -0.831. The fourth-order valence-corrected chi connectivity index (χ4v) is 3.87. The summed E-state index contributed by atoms with van der Waals surface area (Å²) in [7, 11) is 3.11. The second-order valence-electron chi connectivity index (χ2n) is 8.05. The summed E-state index contributed by atoms with van der Waals surface area (Å²) in [4.78, 5) is 28.7. The Morgan fingerprint density at radius 1 is 0.886 bits per heavy atom. The molecule has 1 atom stereocenters. The van der Waals surface area contributed by atoms with Crippen LogP contribution in [0.2, 0.25) is 0 Å². The smallest absolute Gasteiger partial charge is 0.247 e. The molecule has 184 valence electrons. The monoisotopic (exact) mass is 476 g/mol. The van der Waals surface area contributed by atoms with Gasteiger partial charge in [0.15, 0.2) is 11.5 Å². The SMILES string of the molecule is COc1ccc(CC(=O)N(Cc2ccccc2)[C@H](C(=O)NCCCO)c2ccccc2)cc1OC. The van der Waals surface area contributed by atoms with Crippen LogP contribution < -0.4 is 14.8 Å². The number of aliphatic hydroxyl groups is 1. The van der Waals surface area contributed by atoms with Gasteiger partial charge in [-0.25, -0.2) is 0 Å². The van der Waals surface area contributed by atoms with Crippen LogP contribution in [0.15, 0.2) is 78.9 Å². The van der Waals surface area contributed by atoms with Crippen molar-refractivity contribution in [2.75, 3.05) is 27.4 Å². The van der Waals surface area contributed by atoms with E-state index >= 15 is 0 Å². The molecule has 0 radical (unpaired) electrons. The quantitative estimate of drug-likeness (QED) is 0.391. The average molecular weight is 477 g/mol. The van der Waals surface area contributed by atoms with Crippen molar-refractivity contribution in [3.8, 4) is 11.5 Å². The van der Waals surface area contributed by atoms with Crippen molar-refractivity contribution >= 4 is 11.8 Å². The molecule has 0 aromatic heterocycles. The summed E-state index contributed by atoms with van der Waals surface area (Å²) < 4.78 is 10.7. The van der Waals surface area contributed by atoms with Gasteiger partial charge in [0.25, 0.3) is 0 Å². The molecule has 0 unspecified atom stereocenters. The van der Waals surface area contributed by atoms with Crippen molar-refractivity contribution in [3.63, 3.8) is 0 Å². The van der Waals surface area contributed by atoms with Crippen LogP contribution in [0.3, 0.4) is 0 Å². The highest BCUT2D eigenvalue weighted by molar-refractivity contribution is 5.89. The number of ether oxygens (including phenoxy) is 2. The van der Waals surface area contributed by atoms with E-state index in [1.807, 2.05) is 66.7 Å². The third-order valence-electron chi connectivity index (χ3n) is 5.63. The van der Waals surface area contributed by atoms with Gasteiger partial charge in [-0.2, -0.15) is 0 Å². The predicted octanol–water partition coefficient (Wildman–Crippen LogP) is 3.52. The lowest BCUT2D eigenvalue weighted by Gasteiger charge is -2.32. The second-order valence-corrected chi connectivity index (χ2v) is 8.05. The van der Waals surface area contributed by atoms with Crippen LogP contribution in [0, 0.1) is 0 Å². The first-order valence-electron chi connectivity index (χ1n) is 11.5. The van der Waals surface area contributed by atoms with Gasteiger partial charge in [0.2, 0.25) is 11.8 Å². The van der Waals surface area contributed by atoms with Gasteiger partial charge in [-0.1, -0.05) is 66.7 Å². The van der Waals surface area contributed by atoms with Crippen LogP contribution >= 0.6 is 0 Å². The standard InChI is InChI=1S/C28H32N2O5/c1-34-24-15-14-22(18-25(24)35-2)19-26(32)30(20-21-10-5-3-6-11-21)27(23-12-7-4-8-13-23)28(33)29-16-9-17-31/h3-8,10-15,18,27,31H,9,16-17,19-20H2,1-2H3,(H,29,33)/t27-/m0/s1. The van der Waals surface area contributed by atoms with Crippen LogP contribution in [0.4, 0.5) is 0 Å². The molecule has 3 rings (SSSR count). The lowest BCUT2D eigenvalue weighted by molar-refractivity contribution is -0.141. The van der Waals surface area contributed by atoms with E-state index < -0.39 is 6.04 Å². The number of benzene rings is 3. The summed E-state index contributed by atoms with van der Waals surface area (Å²) in [6.07, 6.45) is 0.520. The number of hydrogen-bond donors (Lipinski definition) is 2. The maximum atomic E-state index is 13.8. The van der Waals surface area contributed by atoms with Crippen molar-refractivity contribution < 1.29 is 24.2 Å². The van der Waals surface area contributed by atoms with Gasteiger partial charge < -0.3 is 24.8 Å². The highest BCUT2D eigenvalue weighted by atomic mass is 16.5. The molecule has 2 N–H and O–H groups in total. The molecule has 0 bridgehead atoms. The zero-order valence-electron chi connectivity index (χ0n) is 20.1. The highest BCUT2D eigenvalue weighted by Crippen LogP contribution is 2.29. The second kappa shape index (κ2) is 13.2. The molecule has 7 heteroatoms. The lowest BCUT2D eigenvalue weighted by Crippen LogP contribution is -2.44. The van der Waals surface area contributed by atoms with Crippen LogP contribution in [-0.2, 0) is 22.6 Å². The van der Waals surface area contributed by atoms with Crippen LogP contribution in [0.5, 0.6) is 11.5 Å². The number of carbonyl (C=O) groups is 2. The Labute approximate surface area is 206 Å². The molecule has 0 heterocycles. The minimum absolute atomic E-state index is 0.0255. The molecule has 0 spiro atoms. The van der Waals surface area contributed by atoms with E-state index in [9.17, 15) is 9.59 Å². The number of carbonyl (C=O) groups excluding carboxylic acids is 2. The van der Waals surface area contributed by atoms with Crippen LogP contribution in [0.1, 0.15) is 29.2 Å². The summed E-state index contributed by atoms with van der Waals surface area (Å²) in [6.45, 7) is 0.559. The first-order valence-corrected chi connectivity index (χ1v) is 11.5. The fourth-order valence-electron chi connectivity index (χ4n) is 3.87. The van der Waals surface area contributed by atoms with Gasteiger partial charge in [0.05, 0.1) is 20.6 Å². The average Bonchev–Trinajstić information content (AvgIpc) is 2.89. The Balaban J connectivity index is 1.97. The molecule has 2 amide bonds. The number of nitrogens with one attached hydrogen (secondary N) is 1. The van der Waals surface area contributed by atoms with Crippen molar-refractivity contribution in [1.82, 2.24) is 10.2 Å². The largest absolute Gasteiger partial charge is 0.493 e.